The molecule has 48 heavy (non-hydrogen) atoms. The van der Waals surface area contributed by atoms with Crippen molar-refractivity contribution in [3.8, 4) is 33.9 Å². The van der Waals surface area contributed by atoms with E-state index in [1.807, 2.05) is 13.0 Å². The van der Waals surface area contributed by atoms with Gasteiger partial charge in [-0.1, -0.05) is 148 Å². The summed E-state index contributed by atoms with van der Waals surface area (Å²) in [5, 5.41) is 7.20. The van der Waals surface area contributed by atoms with E-state index in [-0.39, 0.29) is 5.92 Å². The van der Waals surface area contributed by atoms with Crippen molar-refractivity contribution in [2.45, 2.75) is 40.5 Å². The maximum Gasteiger partial charge on any atom is 0.160 e. The number of allylic oxidation sites excluding steroid dienone is 2. The lowest BCUT2D eigenvalue weighted by molar-refractivity contribution is 0.855. The highest BCUT2D eigenvalue weighted by molar-refractivity contribution is 6.14. The molecular weight excluding hydrogens is 581 g/mol. The smallest absolute Gasteiger partial charge is 0.160 e. The van der Waals surface area contributed by atoms with Crippen LogP contribution in [0.1, 0.15) is 61.4 Å². The van der Waals surface area contributed by atoms with Crippen LogP contribution in [-0.4, -0.2) is 9.97 Å². The van der Waals surface area contributed by atoms with Crippen molar-refractivity contribution in [1.29, 1.82) is 0 Å². The Morgan fingerprint density at radius 3 is 1.96 bits per heavy atom. The van der Waals surface area contributed by atoms with Gasteiger partial charge in [-0.25, -0.2) is 9.97 Å². The average molecular weight is 621 g/mol. The van der Waals surface area contributed by atoms with Gasteiger partial charge in [-0.3, -0.25) is 0 Å². The summed E-state index contributed by atoms with van der Waals surface area (Å²) in [6, 6.07) is 36.8. The molecular formula is C46H40N2. The molecule has 2 heteroatoms. The van der Waals surface area contributed by atoms with E-state index in [4.69, 9.17) is 9.97 Å². The monoisotopic (exact) mass is 620 g/mol. The van der Waals surface area contributed by atoms with Gasteiger partial charge in [-0.05, 0) is 87.3 Å². The van der Waals surface area contributed by atoms with Crippen molar-refractivity contribution >= 4 is 50.0 Å². The third-order valence-corrected chi connectivity index (χ3v) is 9.51. The Bertz CT molecular complexity index is 2420. The van der Waals surface area contributed by atoms with E-state index >= 15 is 0 Å². The van der Waals surface area contributed by atoms with E-state index < -0.39 is 0 Å². The zero-order valence-electron chi connectivity index (χ0n) is 28.4. The van der Waals surface area contributed by atoms with Gasteiger partial charge in [-0.2, -0.15) is 0 Å². The van der Waals surface area contributed by atoms with Gasteiger partial charge in [0.05, 0.1) is 11.4 Å². The lowest BCUT2D eigenvalue weighted by atomic mass is 9.83. The molecule has 0 saturated heterocycles. The van der Waals surface area contributed by atoms with E-state index in [9.17, 15) is 0 Å². The van der Waals surface area contributed by atoms with Gasteiger partial charge in [-0.15, -0.1) is 0 Å². The second kappa shape index (κ2) is 12.5. The minimum Gasteiger partial charge on any atom is -0.228 e. The quantitative estimate of drug-likeness (QED) is 0.166. The minimum atomic E-state index is 0.139. The fourth-order valence-electron chi connectivity index (χ4n) is 7.23. The van der Waals surface area contributed by atoms with Crippen molar-refractivity contribution in [3.63, 3.8) is 0 Å². The van der Waals surface area contributed by atoms with Crippen LogP contribution in [0.25, 0.3) is 83.9 Å². The Balaban J connectivity index is 1.67. The Morgan fingerprint density at radius 2 is 1.31 bits per heavy atom. The van der Waals surface area contributed by atoms with Crippen LogP contribution in [0.3, 0.4) is 0 Å². The number of hydrogen-bond acceptors (Lipinski definition) is 2. The lowest BCUT2D eigenvalue weighted by Gasteiger charge is -2.24. The molecule has 0 unspecified atom stereocenters. The fourth-order valence-corrected chi connectivity index (χ4v) is 7.23. The van der Waals surface area contributed by atoms with E-state index in [2.05, 4.69) is 156 Å². The Kier molecular flexibility index (Phi) is 8.11. The molecule has 0 aliphatic carbocycles. The largest absolute Gasteiger partial charge is 0.228 e. The number of nitrogens with zero attached hydrogens (tertiary/aromatic N) is 2. The van der Waals surface area contributed by atoms with Crippen molar-refractivity contribution in [1.82, 2.24) is 9.97 Å². The van der Waals surface area contributed by atoms with Crippen molar-refractivity contribution in [2.75, 3.05) is 0 Å². The number of hydrogen-bond donors (Lipinski definition) is 0. The molecule has 2 nitrogen and oxygen atoms in total. The molecule has 0 spiro atoms. The van der Waals surface area contributed by atoms with Crippen LogP contribution in [0.5, 0.6) is 0 Å². The summed E-state index contributed by atoms with van der Waals surface area (Å²) < 4.78 is 0. The van der Waals surface area contributed by atoms with Crippen molar-refractivity contribution < 1.29 is 0 Å². The molecule has 0 fully saturated rings. The molecule has 1 aromatic heterocycles. The van der Waals surface area contributed by atoms with Gasteiger partial charge < -0.3 is 0 Å². The van der Waals surface area contributed by atoms with E-state index in [0.29, 0.717) is 5.82 Å². The zero-order chi connectivity index (χ0) is 33.5. The number of rotatable bonds is 7. The highest BCUT2D eigenvalue weighted by atomic mass is 14.9. The predicted molar refractivity (Wildman–Crippen MR) is 209 cm³/mol. The molecule has 0 aliphatic heterocycles. The fraction of sp³-hybridized carbons (Fsp3) is 0.130. The van der Waals surface area contributed by atoms with Gasteiger partial charge in [0.15, 0.2) is 5.82 Å². The summed E-state index contributed by atoms with van der Waals surface area (Å²) in [7, 11) is 0. The molecule has 0 saturated carbocycles. The molecule has 0 amide bonds. The van der Waals surface area contributed by atoms with Gasteiger partial charge in [0.1, 0.15) is 0 Å². The standard InChI is InChI=1S/C46H40N2/c1-8-16-36-34(9-2)30(7)43(40-22-15-14-20-38(36)40)45-42(29(5)6)44(47-46(48-45)32-25-23-31(24-26-32)28(3)4)41-27-33-17-10-11-18-35(33)37-19-12-13-21-39(37)41/h8-27,29H,2-3H2,1,4-7H3/b16-8-. The Morgan fingerprint density at radius 1 is 0.708 bits per heavy atom. The molecule has 0 radical (unpaired) electrons. The van der Waals surface area contributed by atoms with Crippen LogP contribution in [0.2, 0.25) is 0 Å². The van der Waals surface area contributed by atoms with Crippen molar-refractivity contribution in [2.24, 2.45) is 0 Å². The van der Waals surface area contributed by atoms with Crippen LogP contribution in [-0.2, 0) is 0 Å². The molecule has 7 aromatic rings. The van der Waals surface area contributed by atoms with Crippen LogP contribution in [0.15, 0.2) is 122 Å². The molecule has 0 atom stereocenters. The van der Waals surface area contributed by atoms with E-state index in [1.165, 1.54) is 37.9 Å². The van der Waals surface area contributed by atoms with Crippen molar-refractivity contribution in [3.05, 3.63) is 150 Å². The van der Waals surface area contributed by atoms with Crippen LogP contribution in [0, 0.1) is 6.92 Å². The Hall–Kier alpha value is -5.60. The third kappa shape index (κ3) is 5.15. The second-order valence-electron chi connectivity index (χ2n) is 12.9. The molecule has 0 bridgehead atoms. The SMILES string of the molecule is C=Cc1c(C)c(-c2nc(-c3ccc(C(=C)C)cc3)nc(-c3cc4ccccc4c4ccccc34)c2C(C)C)c2ccccc2c1/C=C\C. The third-order valence-electron chi connectivity index (χ3n) is 9.51. The normalized spacial score (nSPS) is 11.7. The van der Waals surface area contributed by atoms with E-state index in [0.717, 1.165) is 55.9 Å². The lowest BCUT2D eigenvalue weighted by Crippen LogP contribution is -2.07. The topological polar surface area (TPSA) is 25.8 Å². The highest BCUT2D eigenvalue weighted by Crippen LogP contribution is 2.45. The molecule has 1 heterocycles. The van der Waals surface area contributed by atoms with Gasteiger partial charge >= 0.3 is 0 Å². The first-order valence-corrected chi connectivity index (χ1v) is 16.7. The van der Waals surface area contributed by atoms with Gasteiger partial charge in [0.2, 0.25) is 0 Å². The first kappa shape index (κ1) is 31.0. The predicted octanol–water partition coefficient (Wildman–Crippen LogP) is 13.1. The maximum atomic E-state index is 5.51. The van der Waals surface area contributed by atoms with Gasteiger partial charge in [0, 0.05) is 22.3 Å². The summed E-state index contributed by atoms with van der Waals surface area (Å²) in [6.07, 6.45) is 6.29. The number of aromatic nitrogens is 2. The summed E-state index contributed by atoms with van der Waals surface area (Å²) in [5.41, 5.74) is 11.9. The average Bonchev–Trinajstić information content (AvgIpc) is 3.11. The number of fused-ring (bicyclic) bond motifs is 4. The first-order valence-electron chi connectivity index (χ1n) is 16.7. The first-order chi connectivity index (χ1) is 23.3. The van der Waals surface area contributed by atoms with Gasteiger partial charge in [0.25, 0.3) is 0 Å². The molecule has 7 rings (SSSR count). The molecule has 0 N–H and O–H groups in total. The summed E-state index contributed by atoms with van der Waals surface area (Å²) in [6.45, 7) is 19.3. The zero-order valence-corrected chi connectivity index (χ0v) is 28.4. The van der Waals surface area contributed by atoms with Crippen LogP contribution >= 0.6 is 0 Å². The maximum absolute atomic E-state index is 5.51. The number of benzene rings is 6. The van der Waals surface area contributed by atoms with E-state index in [1.54, 1.807) is 0 Å². The van der Waals surface area contributed by atoms with Crippen LogP contribution < -0.4 is 0 Å². The van der Waals surface area contributed by atoms with Crippen LogP contribution in [0.4, 0.5) is 0 Å². The molecule has 234 valence electrons. The highest BCUT2D eigenvalue weighted by Gasteiger charge is 2.26. The summed E-state index contributed by atoms with van der Waals surface area (Å²) >= 11 is 0. The summed E-state index contributed by atoms with van der Waals surface area (Å²) in [5.74, 6) is 0.844. The molecule has 0 aliphatic rings. The minimum absolute atomic E-state index is 0.139. The Labute approximate surface area is 283 Å². The summed E-state index contributed by atoms with van der Waals surface area (Å²) in [4.78, 5) is 11.0. The molecule has 6 aromatic carbocycles. The second-order valence-corrected chi connectivity index (χ2v) is 12.9.